The molecule has 0 spiro atoms. The summed E-state index contributed by atoms with van der Waals surface area (Å²) in [6, 6.07) is 15.0. The van der Waals surface area contributed by atoms with Gasteiger partial charge in [-0.2, -0.15) is 8.78 Å². The molecule has 0 saturated heterocycles. The fourth-order valence-electron chi connectivity index (χ4n) is 2.60. The van der Waals surface area contributed by atoms with E-state index in [1.54, 1.807) is 31.2 Å². The number of halogens is 2. The maximum atomic E-state index is 12.9. The first-order valence-electron chi connectivity index (χ1n) is 8.44. The minimum atomic E-state index is -3.22. The van der Waals surface area contributed by atoms with Gasteiger partial charge < -0.3 is 19.0 Å². The van der Waals surface area contributed by atoms with Gasteiger partial charge in [-0.05, 0) is 48.4 Å². The molecule has 1 heterocycles. The molecule has 5 nitrogen and oxygen atoms in total. The van der Waals surface area contributed by atoms with E-state index in [0.717, 1.165) is 11.1 Å². The molecule has 0 unspecified atom stereocenters. The van der Waals surface area contributed by atoms with E-state index in [0.29, 0.717) is 24.0 Å². The van der Waals surface area contributed by atoms with Gasteiger partial charge in [0, 0.05) is 12.5 Å². The molecule has 2 aromatic carbocycles. The summed E-state index contributed by atoms with van der Waals surface area (Å²) >= 11 is 0. The average Bonchev–Trinajstić information content (AvgIpc) is 3.01. The fourth-order valence-corrected chi connectivity index (χ4v) is 2.60. The second kappa shape index (κ2) is 7.72. The summed E-state index contributed by atoms with van der Waals surface area (Å²) in [6.45, 7) is 2.54. The van der Waals surface area contributed by atoms with E-state index in [2.05, 4.69) is 4.74 Å². The molecular weight excluding hydrogens is 370 g/mol. The Morgan fingerprint density at radius 3 is 2.04 bits per heavy atom. The Labute approximate surface area is 160 Å². The van der Waals surface area contributed by atoms with E-state index in [4.69, 9.17) is 14.3 Å². The Bertz CT molecular complexity index is 954. The third-order valence-electron chi connectivity index (χ3n) is 3.96. The van der Waals surface area contributed by atoms with Crippen LogP contribution >= 0.6 is 0 Å². The van der Waals surface area contributed by atoms with Crippen LogP contribution in [0.25, 0.3) is 11.1 Å². The van der Waals surface area contributed by atoms with Crippen molar-refractivity contribution in [2.75, 3.05) is 0 Å². The molecule has 0 aliphatic carbocycles. The molecule has 0 atom stereocenters. The molecule has 7 heteroatoms. The number of hydrogen-bond acceptors (Lipinski definition) is 4. The van der Waals surface area contributed by atoms with Crippen molar-refractivity contribution in [2.24, 2.45) is 0 Å². The predicted octanol–water partition coefficient (Wildman–Crippen LogP) is 5.52. The fraction of sp³-hybridized carbons (Fsp3) is 0.190. The van der Waals surface area contributed by atoms with Gasteiger partial charge in [-0.15, -0.1) is 0 Å². The molecule has 0 aliphatic heterocycles. The van der Waals surface area contributed by atoms with Crippen LogP contribution in [0.15, 0.2) is 59.0 Å². The summed E-state index contributed by atoms with van der Waals surface area (Å²) in [4.78, 5) is 10.9. The van der Waals surface area contributed by atoms with Crippen LogP contribution in [-0.2, 0) is 6.61 Å². The number of carboxylic acids is 1. The van der Waals surface area contributed by atoms with Crippen molar-refractivity contribution in [3.8, 4) is 22.6 Å². The minimum Gasteiger partial charge on any atom is -0.489 e. The number of carbonyl (C=O) groups is 1. The Kier molecular flexibility index (Phi) is 5.35. The monoisotopic (exact) mass is 388 g/mol. The Hall–Kier alpha value is -3.35. The molecule has 1 aromatic heterocycles. The molecule has 0 radical (unpaired) electrons. The van der Waals surface area contributed by atoms with E-state index < -0.39 is 12.1 Å². The van der Waals surface area contributed by atoms with Gasteiger partial charge >= 0.3 is 12.1 Å². The number of benzene rings is 2. The second-order valence-electron chi connectivity index (χ2n) is 6.24. The highest BCUT2D eigenvalue weighted by atomic mass is 19.3. The summed E-state index contributed by atoms with van der Waals surface area (Å²) in [5, 5.41) is 8.94. The maximum Gasteiger partial charge on any atom is 0.394 e. The second-order valence-corrected chi connectivity index (χ2v) is 6.24. The Balaban J connectivity index is 1.64. The van der Waals surface area contributed by atoms with Crippen molar-refractivity contribution in [3.63, 3.8) is 0 Å². The van der Waals surface area contributed by atoms with Crippen molar-refractivity contribution in [1.29, 1.82) is 0 Å². The molecule has 0 fully saturated rings. The molecule has 0 bridgehead atoms. The normalized spacial score (nSPS) is 11.3. The van der Waals surface area contributed by atoms with Crippen LogP contribution in [0.5, 0.6) is 11.5 Å². The van der Waals surface area contributed by atoms with Crippen LogP contribution in [0.3, 0.4) is 0 Å². The Morgan fingerprint density at radius 1 is 1.04 bits per heavy atom. The zero-order chi connectivity index (χ0) is 20.3. The summed E-state index contributed by atoms with van der Waals surface area (Å²) in [5.74, 6) is -0.0642. The van der Waals surface area contributed by atoms with Crippen molar-refractivity contribution in [3.05, 3.63) is 71.7 Å². The third-order valence-corrected chi connectivity index (χ3v) is 3.96. The predicted molar refractivity (Wildman–Crippen MR) is 97.9 cm³/mol. The van der Waals surface area contributed by atoms with Gasteiger partial charge in [-0.1, -0.05) is 24.3 Å². The molecule has 3 rings (SSSR count). The van der Waals surface area contributed by atoms with E-state index in [-0.39, 0.29) is 18.1 Å². The molecule has 0 aliphatic rings. The summed E-state index contributed by atoms with van der Waals surface area (Å²) in [5.41, 5.74) is 2.38. The lowest BCUT2D eigenvalue weighted by molar-refractivity contribution is -0.158. The highest BCUT2D eigenvalue weighted by molar-refractivity contribution is 5.84. The van der Waals surface area contributed by atoms with Crippen LogP contribution in [0.4, 0.5) is 8.78 Å². The number of furan rings is 1. The molecule has 28 heavy (non-hydrogen) atoms. The molecule has 0 saturated carbocycles. The summed E-state index contributed by atoms with van der Waals surface area (Å²) in [6.07, 6.45) is -3.22. The lowest BCUT2D eigenvalue weighted by Gasteiger charge is -2.13. The average molecular weight is 388 g/mol. The van der Waals surface area contributed by atoms with E-state index in [1.807, 2.05) is 12.1 Å². The van der Waals surface area contributed by atoms with Crippen LogP contribution in [-0.4, -0.2) is 17.2 Å². The number of alkyl halides is 2. The number of carboxylic acid groups (broad SMARTS) is 1. The third kappa shape index (κ3) is 4.88. The number of ether oxygens (including phenoxy) is 2. The van der Waals surface area contributed by atoms with Crippen molar-refractivity contribution in [1.82, 2.24) is 0 Å². The van der Waals surface area contributed by atoms with Gasteiger partial charge in [0.25, 0.3) is 0 Å². The van der Waals surface area contributed by atoms with Gasteiger partial charge in [-0.25, -0.2) is 4.79 Å². The van der Waals surface area contributed by atoms with Gasteiger partial charge in [0.2, 0.25) is 5.76 Å². The molecule has 0 amide bonds. The zero-order valence-electron chi connectivity index (χ0n) is 15.2. The van der Waals surface area contributed by atoms with Crippen LogP contribution in [0, 0.1) is 6.92 Å². The van der Waals surface area contributed by atoms with Gasteiger partial charge in [-0.3, -0.25) is 0 Å². The maximum absolute atomic E-state index is 12.9. The van der Waals surface area contributed by atoms with Crippen molar-refractivity contribution >= 4 is 5.97 Å². The smallest absolute Gasteiger partial charge is 0.394 e. The largest absolute Gasteiger partial charge is 0.489 e. The van der Waals surface area contributed by atoms with Gasteiger partial charge in [0.1, 0.15) is 23.9 Å². The number of aryl methyl sites for hydroxylation is 1. The van der Waals surface area contributed by atoms with Crippen molar-refractivity contribution in [2.45, 2.75) is 26.6 Å². The molecule has 146 valence electrons. The first-order valence-corrected chi connectivity index (χ1v) is 8.44. The van der Waals surface area contributed by atoms with Crippen LogP contribution in [0.2, 0.25) is 0 Å². The highest BCUT2D eigenvalue weighted by Gasteiger charge is 2.22. The quantitative estimate of drug-likeness (QED) is 0.577. The number of rotatable bonds is 7. The Morgan fingerprint density at radius 2 is 1.57 bits per heavy atom. The van der Waals surface area contributed by atoms with Crippen molar-refractivity contribution < 1.29 is 32.6 Å². The summed E-state index contributed by atoms with van der Waals surface area (Å²) < 4.78 is 41.1. The standard InChI is InChI=1S/C21H18F2O5/c1-13-16(11-19(27-13)20(24)25)12-26-17-7-3-14(4-8-17)15-5-9-18(10-6-15)28-21(2,22)23/h3-11H,12H2,1-2H3,(H,24,25). The van der Waals surface area contributed by atoms with Crippen LogP contribution < -0.4 is 9.47 Å². The van der Waals surface area contributed by atoms with E-state index >= 15 is 0 Å². The SMILES string of the molecule is Cc1oc(C(=O)O)cc1COc1ccc(-c2ccc(OC(C)(F)F)cc2)cc1. The first kappa shape index (κ1) is 19.4. The molecular formula is C21H18F2O5. The number of aromatic carboxylic acids is 1. The number of hydrogen-bond donors (Lipinski definition) is 1. The summed E-state index contributed by atoms with van der Waals surface area (Å²) in [7, 11) is 0. The molecule has 3 aromatic rings. The van der Waals surface area contributed by atoms with E-state index in [1.165, 1.54) is 18.2 Å². The van der Waals surface area contributed by atoms with E-state index in [9.17, 15) is 13.6 Å². The topological polar surface area (TPSA) is 68.9 Å². The molecule has 1 N–H and O–H groups in total. The first-order chi connectivity index (χ1) is 13.2. The minimum absolute atomic E-state index is 0.0902. The lowest BCUT2D eigenvalue weighted by atomic mass is 10.1. The van der Waals surface area contributed by atoms with Gasteiger partial charge in [0.15, 0.2) is 0 Å². The zero-order valence-corrected chi connectivity index (χ0v) is 15.2. The lowest BCUT2D eigenvalue weighted by Crippen LogP contribution is -2.18. The van der Waals surface area contributed by atoms with Gasteiger partial charge in [0.05, 0.1) is 0 Å². The van der Waals surface area contributed by atoms with Crippen LogP contribution in [0.1, 0.15) is 28.8 Å². The highest BCUT2D eigenvalue weighted by Crippen LogP contribution is 2.27.